The third kappa shape index (κ3) is 4.12. The second-order valence-electron chi connectivity index (χ2n) is 6.39. The Morgan fingerprint density at radius 2 is 2.03 bits per heavy atom. The van der Waals surface area contributed by atoms with Gasteiger partial charge < -0.3 is 14.8 Å². The number of benzene rings is 2. The van der Waals surface area contributed by atoms with Gasteiger partial charge in [0.1, 0.15) is 0 Å². The number of ether oxygens (including phenoxy) is 2. The summed E-state index contributed by atoms with van der Waals surface area (Å²) >= 11 is 1.35. The van der Waals surface area contributed by atoms with Crippen molar-refractivity contribution in [2.75, 3.05) is 12.1 Å². The molecule has 0 saturated heterocycles. The molecule has 1 aromatic heterocycles. The van der Waals surface area contributed by atoms with Crippen molar-refractivity contribution in [1.82, 2.24) is 14.8 Å². The second kappa shape index (κ2) is 8.40. The van der Waals surface area contributed by atoms with E-state index in [1.807, 2.05) is 41.8 Å². The third-order valence-corrected chi connectivity index (χ3v) is 5.43. The van der Waals surface area contributed by atoms with Crippen molar-refractivity contribution in [3.05, 3.63) is 61.2 Å². The average molecular weight is 408 g/mol. The van der Waals surface area contributed by atoms with E-state index in [0.29, 0.717) is 28.9 Å². The lowest BCUT2D eigenvalue weighted by atomic mass is 10.2. The van der Waals surface area contributed by atoms with E-state index in [4.69, 9.17) is 9.47 Å². The molecule has 4 rings (SSSR count). The molecule has 1 N–H and O–H groups in total. The molecule has 1 unspecified atom stereocenters. The summed E-state index contributed by atoms with van der Waals surface area (Å²) in [4.78, 5) is 12.7. The lowest BCUT2D eigenvalue weighted by molar-refractivity contribution is -0.115. The molecule has 29 heavy (non-hydrogen) atoms. The van der Waals surface area contributed by atoms with E-state index in [-0.39, 0.29) is 18.0 Å². The van der Waals surface area contributed by atoms with E-state index < -0.39 is 0 Å². The molecule has 0 bridgehead atoms. The van der Waals surface area contributed by atoms with E-state index in [1.54, 1.807) is 24.3 Å². The van der Waals surface area contributed by atoms with Crippen LogP contribution in [0.4, 0.5) is 5.69 Å². The minimum Gasteiger partial charge on any atom is -0.454 e. The van der Waals surface area contributed by atoms with E-state index >= 15 is 0 Å². The van der Waals surface area contributed by atoms with Crippen LogP contribution in [0, 0.1) is 0 Å². The maximum absolute atomic E-state index is 12.7. The Hall–Kier alpha value is -3.26. The molecular weight excluding hydrogens is 388 g/mol. The number of carbonyl (C=O) groups is 1. The Balaban J connectivity index is 1.49. The summed E-state index contributed by atoms with van der Waals surface area (Å²) < 4.78 is 12.6. The van der Waals surface area contributed by atoms with Crippen LogP contribution < -0.4 is 14.8 Å². The highest BCUT2D eigenvalue weighted by molar-refractivity contribution is 8.00. The van der Waals surface area contributed by atoms with Gasteiger partial charge in [-0.05, 0) is 19.1 Å². The average Bonchev–Trinajstić information content (AvgIpc) is 3.36. The second-order valence-corrected chi connectivity index (χ2v) is 7.70. The standard InChI is InChI=1S/C21H20N4O3S/c1-3-11-25-19(15-7-5-4-6-8-15)23-24-21(25)29-14(2)20(26)22-16-9-10-17-18(12-16)28-13-27-17/h3-10,12,14H,1,11,13H2,2H3,(H,22,26). The highest BCUT2D eigenvalue weighted by Gasteiger charge is 2.21. The van der Waals surface area contributed by atoms with Crippen molar-refractivity contribution in [1.29, 1.82) is 0 Å². The number of amides is 1. The van der Waals surface area contributed by atoms with Crippen LogP contribution >= 0.6 is 11.8 Å². The largest absolute Gasteiger partial charge is 0.454 e. The normalized spacial score (nSPS) is 13.1. The lowest BCUT2D eigenvalue weighted by Gasteiger charge is -2.13. The minimum absolute atomic E-state index is 0.136. The number of rotatable bonds is 7. The van der Waals surface area contributed by atoms with Gasteiger partial charge in [-0.25, -0.2) is 0 Å². The Morgan fingerprint density at radius 1 is 1.24 bits per heavy atom. The summed E-state index contributed by atoms with van der Waals surface area (Å²) in [6, 6.07) is 15.1. The maximum atomic E-state index is 12.7. The van der Waals surface area contributed by atoms with Gasteiger partial charge in [0, 0.05) is 23.9 Å². The molecule has 148 valence electrons. The van der Waals surface area contributed by atoms with Crippen molar-refractivity contribution in [3.8, 4) is 22.9 Å². The van der Waals surface area contributed by atoms with Gasteiger partial charge >= 0.3 is 0 Å². The number of allylic oxidation sites excluding steroid dienone is 1. The SMILES string of the molecule is C=CCn1c(SC(C)C(=O)Nc2ccc3c(c2)OCO3)nnc1-c1ccccc1. The first kappa shape index (κ1) is 19.1. The number of anilines is 1. The van der Waals surface area contributed by atoms with Gasteiger partial charge in [-0.1, -0.05) is 48.2 Å². The molecule has 3 aromatic rings. The number of thioether (sulfide) groups is 1. The zero-order valence-electron chi connectivity index (χ0n) is 15.9. The number of fused-ring (bicyclic) bond motifs is 1. The molecule has 0 fully saturated rings. The summed E-state index contributed by atoms with van der Waals surface area (Å²) in [5, 5.41) is 11.8. The molecular formula is C21H20N4O3S. The van der Waals surface area contributed by atoms with Gasteiger partial charge in [0.2, 0.25) is 12.7 Å². The summed E-state index contributed by atoms with van der Waals surface area (Å²) in [7, 11) is 0. The third-order valence-electron chi connectivity index (χ3n) is 4.35. The predicted octanol–water partition coefficient (Wildman–Crippen LogP) is 3.98. The first-order valence-electron chi connectivity index (χ1n) is 9.12. The quantitative estimate of drug-likeness (QED) is 0.471. The maximum Gasteiger partial charge on any atom is 0.237 e. The number of nitrogens with zero attached hydrogens (tertiary/aromatic N) is 3. The van der Waals surface area contributed by atoms with Crippen LogP contribution in [-0.2, 0) is 11.3 Å². The van der Waals surface area contributed by atoms with Gasteiger partial charge in [0.25, 0.3) is 0 Å². The topological polar surface area (TPSA) is 78.3 Å². The van der Waals surface area contributed by atoms with Crippen molar-refractivity contribution in [3.63, 3.8) is 0 Å². The Labute approximate surface area is 172 Å². The van der Waals surface area contributed by atoms with Gasteiger partial charge in [-0.2, -0.15) is 0 Å². The molecule has 8 heteroatoms. The van der Waals surface area contributed by atoms with Gasteiger partial charge in [0.05, 0.1) is 5.25 Å². The van der Waals surface area contributed by atoms with Crippen LogP contribution in [0.3, 0.4) is 0 Å². The fourth-order valence-electron chi connectivity index (χ4n) is 2.90. The summed E-state index contributed by atoms with van der Waals surface area (Å²) in [6.45, 7) is 6.41. The van der Waals surface area contributed by atoms with Crippen LogP contribution in [0.5, 0.6) is 11.5 Å². The van der Waals surface area contributed by atoms with E-state index in [1.165, 1.54) is 11.8 Å². The summed E-state index contributed by atoms with van der Waals surface area (Å²) in [6.07, 6.45) is 1.79. The molecule has 0 radical (unpaired) electrons. The van der Waals surface area contributed by atoms with E-state index in [9.17, 15) is 4.79 Å². The number of hydrogen-bond acceptors (Lipinski definition) is 6. The molecule has 1 atom stereocenters. The first-order valence-corrected chi connectivity index (χ1v) is 10.0. The molecule has 7 nitrogen and oxygen atoms in total. The number of carbonyl (C=O) groups excluding carboxylic acids is 1. The van der Waals surface area contributed by atoms with Crippen molar-refractivity contribution in [2.45, 2.75) is 23.9 Å². The van der Waals surface area contributed by atoms with E-state index in [0.717, 1.165) is 11.4 Å². The number of hydrogen-bond donors (Lipinski definition) is 1. The number of nitrogens with one attached hydrogen (secondary N) is 1. The van der Waals surface area contributed by atoms with Crippen LogP contribution in [-0.4, -0.2) is 32.7 Å². The van der Waals surface area contributed by atoms with Gasteiger partial charge in [-0.15, -0.1) is 16.8 Å². The molecule has 1 amide bonds. The molecule has 2 heterocycles. The van der Waals surface area contributed by atoms with Crippen LogP contribution in [0.15, 0.2) is 66.3 Å². The zero-order valence-corrected chi connectivity index (χ0v) is 16.7. The lowest BCUT2D eigenvalue weighted by Crippen LogP contribution is -2.23. The molecule has 1 aliphatic rings. The van der Waals surface area contributed by atoms with Crippen LogP contribution in [0.1, 0.15) is 6.92 Å². The van der Waals surface area contributed by atoms with Crippen LogP contribution in [0.2, 0.25) is 0 Å². The summed E-state index contributed by atoms with van der Waals surface area (Å²) in [5.74, 6) is 1.91. The Bertz CT molecular complexity index is 1040. The zero-order chi connectivity index (χ0) is 20.2. The minimum atomic E-state index is -0.378. The van der Waals surface area contributed by atoms with E-state index in [2.05, 4.69) is 22.1 Å². The van der Waals surface area contributed by atoms with Crippen molar-refractivity contribution < 1.29 is 14.3 Å². The Kier molecular flexibility index (Phi) is 5.53. The number of aromatic nitrogens is 3. The first-order chi connectivity index (χ1) is 14.2. The van der Waals surface area contributed by atoms with Crippen LogP contribution in [0.25, 0.3) is 11.4 Å². The monoisotopic (exact) mass is 408 g/mol. The molecule has 0 saturated carbocycles. The van der Waals surface area contributed by atoms with Crippen molar-refractivity contribution >= 4 is 23.4 Å². The van der Waals surface area contributed by atoms with Gasteiger partial charge in [-0.3, -0.25) is 9.36 Å². The fourth-order valence-corrected chi connectivity index (χ4v) is 3.76. The summed E-state index contributed by atoms with van der Waals surface area (Å²) in [5.41, 5.74) is 1.62. The fraction of sp³-hybridized carbons (Fsp3) is 0.190. The smallest absolute Gasteiger partial charge is 0.237 e. The highest BCUT2D eigenvalue weighted by Crippen LogP contribution is 2.34. The Morgan fingerprint density at radius 3 is 2.83 bits per heavy atom. The molecule has 1 aliphatic heterocycles. The predicted molar refractivity (Wildman–Crippen MR) is 112 cm³/mol. The molecule has 0 spiro atoms. The van der Waals surface area contributed by atoms with Gasteiger partial charge in [0.15, 0.2) is 22.5 Å². The molecule has 0 aliphatic carbocycles. The molecule has 2 aromatic carbocycles. The van der Waals surface area contributed by atoms with Crippen molar-refractivity contribution in [2.24, 2.45) is 0 Å². The highest BCUT2D eigenvalue weighted by atomic mass is 32.2.